The Bertz CT molecular complexity index is 483. The number of rotatable bonds is 5. The molecule has 0 saturated carbocycles. The van der Waals surface area contributed by atoms with Gasteiger partial charge in [0.05, 0.1) is 4.90 Å². The molecule has 96 valence electrons. The van der Waals surface area contributed by atoms with Crippen LogP contribution < -0.4 is 9.88 Å². The summed E-state index contributed by atoms with van der Waals surface area (Å²) in [5.74, 6) is 0.650. The summed E-state index contributed by atoms with van der Waals surface area (Å²) in [7, 11) is 0.266. The van der Waals surface area contributed by atoms with Gasteiger partial charge in [-0.1, -0.05) is 0 Å². The summed E-state index contributed by atoms with van der Waals surface area (Å²) in [6.07, 6.45) is 0. The first-order valence-electron chi connectivity index (χ1n) is 5.21. The van der Waals surface area contributed by atoms with Gasteiger partial charge in [0.1, 0.15) is 12.4 Å². The van der Waals surface area contributed by atoms with Crippen LogP contribution in [0.25, 0.3) is 0 Å². The Morgan fingerprint density at radius 1 is 1.35 bits per heavy atom. The molecule has 0 aliphatic carbocycles. The van der Waals surface area contributed by atoms with Crippen LogP contribution in [-0.2, 0) is 10.0 Å². The Hall–Kier alpha value is -1.11. The summed E-state index contributed by atoms with van der Waals surface area (Å²) in [6.45, 7) is 3.05. The second-order valence-electron chi connectivity index (χ2n) is 4.12. The fourth-order valence-electron chi connectivity index (χ4n) is 1.38. The Morgan fingerprint density at radius 3 is 2.47 bits per heavy atom. The predicted octanol–water partition coefficient (Wildman–Crippen LogP) is 0.583. The molecule has 0 aliphatic rings. The SMILES string of the molecule is Cc1cc(OCCN(C)C)ccc1S(N)(=O)=O. The van der Waals surface area contributed by atoms with Crippen molar-refractivity contribution in [1.29, 1.82) is 0 Å². The van der Waals surface area contributed by atoms with Crippen molar-refractivity contribution in [2.24, 2.45) is 5.14 Å². The molecule has 0 unspecified atom stereocenters. The molecule has 0 atom stereocenters. The van der Waals surface area contributed by atoms with Crippen LogP contribution in [0, 0.1) is 6.92 Å². The zero-order valence-corrected chi connectivity index (χ0v) is 11.1. The van der Waals surface area contributed by atoms with Crippen molar-refractivity contribution in [3.63, 3.8) is 0 Å². The zero-order chi connectivity index (χ0) is 13.1. The molecule has 2 N–H and O–H groups in total. The number of nitrogens with zero attached hydrogens (tertiary/aromatic N) is 1. The summed E-state index contributed by atoms with van der Waals surface area (Å²) in [4.78, 5) is 2.14. The second kappa shape index (κ2) is 5.48. The highest BCUT2D eigenvalue weighted by Gasteiger charge is 2.11. The molecule has 0 saturated heterocycles. The molecule has 0 aromatic heterocycles. The second-order valence-corrected chi connectivity index (χ2v) is 5.65. The number of benzene rings is 1. The van der Waals surface area contributed by atoms with Gasteiger partial charge in [-0.2, -0.15) is 0 Å². The van der Waals surface area contributed by atoms with Crippen LogP contribution in [0.1, 0.15) is 5.56 Å². The highest BCUT2D eigenvalue weighted by Crippen LogP contribution is 2.20. The molecule has 0 fully saturated rings. The highest BCUT2D eigenvalue weighted by molar-refractivity contribution is 7.89. The summed E-state index contributed by atoms with van der Waals surface area (Å²) < 4.78 is 27.9. The van der Waals surface area contributed by atoms with E-state index >= 15 is 0 Å². The molecule has 17 heavy (non-hydrogen) atoms. The van der Waals surface area contributed by atoms with E-state index in [9.17, 15) is 8.42 Å². The minimum Gasteiger partial charge on any atom is -0.492 e. The van der Waals surface area contributed by atoms with Crippen molar-refractivity contribution in [3.8, 4) is 5.75 Å². The fourth-order valence-corrected chi connectivity index (χ4v) is 2.14. The molecule has 5 nitrogen and oxygen atoms in total. The summed E-state index contributed by atoms with van der Waals surface area (Å²) in [5, 5.41) is 5.07. The number of hydrogen-bond donors (Lipinski definition) is 1. The maximum Gasteiger partial charge on any atom is 0.238 e. The van der Waals surface area contributed by atoms with E-state index in [1.807, 2.05) is 19.0 Å². The van der Waals surface area contributed by atoms with E-state index in [0.29, 0.717) is 17.9 Å². The lowest BCUT2D eigenvalue weighted by atomic mass is 10.2. The Morgan fingerprint density at radius 2 is 2.00 bits per heavy atom. The monoisotopic (exact) mass is 258 g/mol. The van der Waals surface area contributed by atoms with Crippen LogP contribution in [-0.4, -0.2) is 40.6 Å². The lowest BCUT2D eigenvalue weighted by Crippen LogP contribution is -2.19. The Labute approximate surface area is 102 Å². The van der Waals surface area contributed by atoms with E-state index in [-0.39, 0.29) is 4.90 Å². The smallest absolute Gasteiger partial charge is 0.238 e. The highest BCUT2D eigenvalue weighted by atomic mass is 32.2. The van der Waals surface area contributed by atoms with E-state index in [1.54, 1.807) is 19.1 Å². The molecular formula is C11H18N2O3S. The van der Waals surface area contributed by atoms with Crippen molar-refractivity contribution < 1.29 is 13.2 Å². The van der Waals surface area contributed by atoms with Gasteiger partial charge in [0.15, 0.2) is 0 Å². The van der Waals surface area contributed by atoms with E-state index in [2.05, 4.69) is 0 Å². The van der Waals surface area contributed by atoms with E-state index < -0.39 is 10.0 Å². The molecule has 1 aromatic rings. The van der Waals surface area contributed by atoms with Gasteiger partial charge < -0.3 is 9.64 Å². The average molecular weight is 258 g/mol. The van der Waals surface area contributed by atoms with E-state index in [1.165, 1.54) is 6.07 Å². The summed E-state index contributed by atoms with van der Waals surface area (Å²) in [6, 6.07) is 4.76. The predicted molar refractivity (Wildman–Crippen MR) is 66.6 cm³/mol. The quantitative estimate of drug-likeness (QED) is 0.838. The maximum atomic E-state index is 11.2. The molecule has 0 heterocycles. The largest absolute Gasteiger partial charge is 0.492 e. The molecule has 0 spiro atoms. The topological polar surface area (TPSA) is 72.6 Å². The van der Waals surface area contributed by atoms with Crippen molar-refractivity contribution in [2.45, 2.75) is 11.8 Å². The Kier molecular flexibility index (Phi) is 4.50. The minimum atomic E-state index is -3.65. The summed E-state index contributed by atoms with van der Waals surface area (Å²) in [5.41, 5.74) is 0.592. The van der Waals surface area contributed by atoms with Gasteiger partial charge in [0.25, 0.3) is 0 Å². The lowest BCUT2D eigenvalue weighted by molar-refractivity contribution is 0.261. The first-order valence-corrected chi connectivity index (χ1v) is 6.76. The standard InChI is InChI=1S/C11H18N2O3S/c1-9-8-10(16-7-6-13(2)3)4-5-11(9)17(12,14)15/h4-5,8H,6-7H2,1-3H3,(H2,12,14,15). The molecule has 0 amide bonds. The molecule has 1 aromatic carbocycles. The van der Waals surface area contributed by atoms with Crippen molar-refractivity contribution >= 4 is 10.0 Å². The molecule has 0 radical (unpaired) electrons. The van der Waals surface area contributed by atoms with Gasteiger partial charge in [-0.05, 0) is 44.8 Å². The molecule has 6 heteroatoms. The third kappa shape index (κ3) is 4.33. The van der Waals surface area contributed by atoms with Crippen molar-refractivity contribution in [2.75, 3.05) is 27.2 Å². The molecule has 1 rings (SSSR count). The van der Waals surface area contributed by atoms with E-state index in [0.717, 1.165) is 6.54 Å². The van der Waals surface area contributed by atoms with Crippen LogP contribution >= 0.6 is 0 Å². The van der Waals surface area contributed by atoms with Crippen molar-refractivity contribution in [3.05, 3.63) is 23.8 Å². The number of sulfonamides is 1. The van der Waals surface area contributed by atoms with Gasteiger partial charge in [0.2, 0.25) is 10.0 Å². The number of likely N-dealkylation sites (N-methyl/N-ethyl adjacent to an activating group) is 1. The maximum absolute atomic E-state index is 11.2. The summed E-state index contributed by atoms with van der Waals surface area (Å²) >= 11 is 0. The van der Waals surface area contributed by atoms with Crippen LogP contribution in [0.15, 0.2) is 23.1 Å². The van der Waals surface area contributed by atoms with Gasteiger partial charge in [-0.25, -0.2) is 13.6 Å². The number of hydrogen-bond acceptors (Lipinski definition) is 4. The first-order chi connectivity index (χ1) is 7.80. The number of aryl methyl sites for hydroxylation is 1. The lowest BCUT2D eigenvalue weighted by Gasteiger charge is -2.12. The number of nitrogens with two attached hydrogens (primary N) is 1. The Balaban J connectivity index is 2.76. The minimum absolute atomic E-state index is 0.137. The van der Waals surface area contributed by atoms with Gasteiger partial charge in [-0.3, -0.25) is 0 Å². The van der Waals surface area contributed by atoms with Crippen LogP contribution in [0.3, 0.4) is 0 Å². The van der Waals surface area contributed by atoms with Crippen molar-refractivity contribution in [1.82, 2.24) is 4.90 Å². The molecule has 0 bridgehead atoms. The number of ether oxygens (including phenoxy) is 1. The third-order valence-electron chi connectivity index (χ3n) is 2.26. The number of primary sulfonamides is 1. The molecular weight excluding hydrogens is 240 g/mol. The zero-order valence-electron chi connectivity index (χ0n) is 10.3. The van der Waals surface area contributed by atoms with E-state index in [4.69, 9.17) is 9.88 Å². The average Bonchev–Trinajstić information content (AvgIpc) is 2.14. The fraction of sp³-hybridized carbons (Fsp3) is 0.455. The van der Waals surface area contributed by atoms with Crippen LogP contribution in [0.4, 0.5) is 0 Å². The first kappa shape index (κ1) is 14.0. The van der Waals surface area contributed by atoms with Gasteiger partial charge in [0, 0.05) is 6.54 Å². The van der Waals surface area contributed by atoms with Crippen LogP contribution in [0.2, 0.25) is 0 Å². The molecule has 0 aliphatic heterocycles. The normalized spacial score (nSPS) is 11.8. The third-order valence-corrected chi connectivity index (χ3v) is 3.33. The van der Waals surface area contributed by atoms with Gasteiger partial charge >= 0.3 is 0 Å². The van der Waals surface area contributed by atoms with Crippen LogP contribution in [0.5, 0.6) is 5.75 Å². The van der Waals surface area contributed by atoms with Gasteiger partial charge in [-0.15, -0.1) is 0 Å².